The van der Waals surface area contributed by atoms with Gasteiger partial charge in [0.25, 0.3) is 0 Å². The highest BCUT2D eigenvalue weighted by Crippen LogP contribution is 2.36. The standard InChI is InChI=1S/C15H30NO6P/c1-6-16(7-2,8-3)11-14(12-22-23(18,19)20)9-10-21-15(17)13(4)5/h14H,4,6-12H2,1-3,5H3,(H-,18,19,20)/p+1. The SMILES string of the molecule is C=C(C)C(=O)OCCC(COP(=O)(O)O)C[N+](CC)(CC)CC. The zero-order valence-electron chi connectivity index (χ0n) is 14.7. The van der Waals surface area contributed by atoms with Crippen molar-refractivity contribution in [1.29, 1.82) is 0 Å². The minimum atomic E-state index is -4.51. The van der Waals surface area contributed by atoms with Crippen LogP contribution in [0, 0.1) is 5.92 Å². The number of quaternary nitrogens is 1. The van der Waals surface area contributed by atoms with Crippen LogP contribution in [-0.2, 0) is 18.6 Å². The second-order valence-electron chi connectivity index (χ2n) is 5.83. The molecule has 1 unspecified atom stereocenters. The molecule has 0 aromatic rings. The molecule has 0 radical (unpaired) electrons. The Morgan fingerprint density at radius 3 is 2.13 bits per heavy atom. The highest BCUT2D eigenvalue weighted by atomic mass is 31.2. The van der Waals surface area contributed by atoms with Crippen LogP contribution in [0.15, 0.2) is 12.2 Å². The maximum absolute atomic E-state index is 11.4. The summed E-state index contributed by atoms with van der Waals surface area (Å²) in [7, 11) is -4.51. The summed E-state index contributed by atoms with van der Waals surface area (Å²) < 4.78 is 21.5. The van der Waals surface area contributed by atoms with E-state index < -0.39 is 13.8 Å². The second kappa shape index (κ2) is 10.2. The van der Waals surface area contributed by atoms with E-state index in [9.17, 15) is 9.36 Å². The number of esters is 1. The van der Waals surface area contributed by atoms with E-state index in [4.69, 9.17) is 14.5 Å². The van der Waals surface area contributed by atoms with Crippen molar-refractivity contribution >= 4 is 13.8 Å². The Labute approximate surface area is 139 Å². The smallest absolute Gasteiger partial charge is 0.462 e. The van der Waals surface area contributed by atoms with Crippen molar-refractivity contribution in [2.24, 2.45) is 5.92 Å². The zero-order chi connectivity index (χ0) is 18.1. The summed E-state index contributed by atoms with van der Waals surface area (Å²) >= 11 is 0. The molecule has 0 spiro atoms. The minimum Gasteiger partial charge on any atom is -0.462 e. The third-order valence-corrected chi connectivity index (χ3v) is 4.73. The number of ether oxygens (including phenoxy) is 1. The van der Waals surface area contributed by atoms with Crippen molar-refractivity contribution in [3.63, 3.8) is 0 Å². The first-order chi connectivity index (χ1) is 10.6. The van der Waals surface area contributed by atoms with E-state index in [1.54, 1.807) is 6.92 Å². The Morgan fingerprint density at radius 1 is 1.22 bits per heavy atom. The molecule has 7 nitrogen and oxygen atoms in total. The quantitative estimate of drug-likeness (QED) is 0.242. The number of phosphoric ester groups is 1. The molecular formula is C15H31NO6P+. The minimum absolute atomic E-state index is 0.0606. The molecular weight excluding hydrogens is 321 g/mol. The summed E-state index contributed by atoms with van der Waals surface area (Å²) in [6, 6.07) is 0. The molecule has 136 valence electrons. The maximum atomic E-state index is 11.4. The molecule has 0 aliphatic rings. The highest BCUT2D eigenvalue weighted by Gasteiger charge is 2.28. The van der Waals surface area contributed by atoms with Crippen LogP contribution in [0.5, 0.6) is 0 Å². The summed E-state index contributed by atoms with van der Waals surface area (Å²) in [6.07, 6.45) is 0.485. The van der Waals surface area contributed by atoms with Crippen LogP contribution in [0.3, 0.4) is 0 Å². The molecule has 0 aromatic carbocycles. The van der Waals surface area contributed by atoms with Gasteiger partial charge in [-0.3, -0.25) is 4.52 Å². The van der Waals surface area contributed by atoms with Gasteiger partial charge in [-0.2, -0.15) is 0 Å². The van der Waals surface area contributed by atoms with Crippen molar-refractivity contribution in [2.75, 3.05) is 39.4 Å². The van der Waals surface area contributed by atoms with Crippen molar-refractivity contribution < 1.29 is 32.9 Å². The van der Waals surface area contributed by atoms with Crippen molar-refractivity contribution in [3.05, 3.63) is 12.2 Å². The molecule has 0 bridgehead atoms. The lowest BCUT2D eigenvalue weighted by Gasteiger charge is -2.38. The van der Waals surface area contributed by atoms with E-state index in [0.29, 0.717) is 18.5 Å². The van der Waals surface area contributed by atoms with Crippen LogP contribution in [0.4, 0.5) is 0 Å². The molecule has 1 atom stereocenters. The molecule has 0 saturated carbocycles. The third-order valence-electron chi connectivity index (χ3n) is 4.24. The first kappa shape index (κ1) is 22.3. The first-order valence-electron chi connectivity index (χ1n) is 7.97. The van der Waals surface area contributed by atoms with E-state index in [0.717, 1.165) is 24.1 Å². The number of hydrogen-bond acceptors (Lipinski definition) is 4. The van der Waals surface area contributed by atoms with E-state index in [1.807, 2.05) is 0 Å². The number of carbonyl (C=O) groups is 1. The molecule has 0 aromatic heterocycles. The van der Waals surface area contributed by atoms with Gasteiger partial charge in [0.15, 0.2) is 0 Å². The average Bonchev–Trinajstić information content (AvgIpc) is 2.48. The molecule has 23 heavy (non-hydrogen) atoms. The van der Waals surface area contributed by atoms with E-state index in [2.05, 4.69) is 31.9 Å². The molecule has 0 amide bonds. The Kier molecular flexibility index (Phi) is 9.89. The Morgan fingerprint density at radius 2 is 1.74 bits per heavy atom. The summed E-state index contributed by atoms with van der Waals surface area (Å²) in [4.78, 5) is 29.2. The van der Waals surface area contributed by atoms with Crippen molar-refractivity contribution in [1.82, 2.24) is 0 Å². The van der Waals surface area contributed by atoms with Crippen LogP contribution in [0.25, 0.3) is 0 Å². The second-order valence-corrected chi connectivity index (χ2v) is 7.07. The van der Waals surface area contributed by atoms with Gasteiger partial charge in [-0.15, -0.1) is 0 Å². The van der Waals surface area contributed by atoms with Crippen LogP contribution >= 0.6 is 7.82 Å². The van der Waals surface area contributed by atoms with E-state index in [1.165, 1.54) is 0 Å². The molecule has 0 aliphatic carbocycles. The maximum Gasteiger partial charge on any atom is 0.469 e. The van der Waals surface area contributed by atoms with Crippen LogP contribution in [0.1, 0.15) is 34.1 Å². The predicted molar refractivity (Wildman–Crippen MR) is 88.6 cm³/mol. The van der Waals surface area contributed by atoms with Crippen LogP contribution in [0.2, 0.25) is 0 Å². The molecule has 0 aliphatic heterocycles. The molecule has 0 heterocycles. The third kappa shape index (κ3) is 9.23. The predicted octanol–water partition coefficient (Wildman–Crippen LogP) is 2.10. The van der Waals surface area contributed by atoms with Gasteiger partial charge >= 0.3 is 13.8 Å². The summed E-state index contributed by atoms with van der Waals surface area (Å²) in [6.45, 7) is 15.0. The van der Waals surface area contributed by atoms with Gasteiger partial charge in [0.05, 0.1) is 39.4 Å². The number of phosphoric acid groups is 1. The Bertz CT molecular complexity index is 421. The molecule has 0 rings (SSSR count). The zero-order valence-corrected chi connectivity index (χ0v) is 15.6. The summed E-state index contributed by atoms with van der Waals surface area (Å²) in [5.74, 6) is -0.567. The number of hydrogen-bond donors (Lipinski definition) is 2. The normalized spacial score (nSPS) is 13.7. The Hall–Kier alpha value is -0.720. The lowest BCUT2D eigenvalue weighted by atomic mass is 10.0. The van der Waals surface area contributed by atoms with Gasteiger partial charge < -0.3 is 19.0 Å². The van der Waals surface area contributed by atoms with Crippen molar-refractivity contribution in [2.45, 2.75) is 34.1 Å². The van der Waals surface area contributed by atoms with Crippen LogP contribution in [-0.4, -0.2) is 59.6 Å². The van der Waals surface area contributed by atoms with Gasteiger partial charge in [-0.1, -0.05) is 6.58 Å². The lowest BCUT2D eigenvalue weighted by Crippen LogP contribution is -2.51. The summed E-state index contributed by atoms with van der Waals surface area (Å²) in [5, 5.41) is 0. The first-order valence-corrected chi connectivity index (χ1v) is 9.50. The fourth-order valence-electron chi connectivity index (χ4n) is 2.48. The monoisotopic (exact) mass is 352 g/mol. The number of nitrogens with zero attached hydrogens (tertiary/aromatic N) is 1. The summed E-state index contributed by atoms with van der Waals surface area (Å²) in [5.41, 5.74) is 0.328. The molecule has 8 heteroatoms. The van der Waals surface area contributed by atoms with Crippen LogP contribution < -0.4 is 0 Å². The highest BCUT2D eigenvalue weighted by molar-refractivity contribution is 7.46. The van der Waals surface area contributed by atoms with Gasteiger partial charge in [-0.25, -0.2) is 9.36 Å². The number of carbonyl (C=O) groups excluding carboxylic acids is 1. The lowest BCUT2D eigenvalue weighted by molar-refractivity contribution is -0.926. The van der Waals surface area contributed by atoms with Gasteiger partial charge in [0, 0.05) is 11.5 Å². The van der Waals surface area contributed by atoms with E-state index in [-0.39, 0.29) is 19.1 Å². The molecule has 0 saturated heterocycles. The number of rotatable bonds is 12. The topological polar surface area (TPSA) is 93.1 Å². The van der Waals surface area contributed by atoms with Gasteiger partial charge in [-0.05, 0) is 34.1 Å². The fraction of sp³-hybridized carbons (Fsp3) is 0.800. The largest absolute Gasteiger partial charge is 0.469 e. The van der Waals surface area contributed by atoms with Crippen molar-refractivity contribution in [3.8, 4) is 0 Å². The Balaban J connectivity index is 4.77. The van der Waals surface area contributed by atoms with Gasteiger partial charge in [0.2, 0.25) is 0 Å². The fourth-order valence-corrected chi connectivity index (χ4v) is 2.88. The molecule has 0 fully saturated rings. The molecule has 2 N–H and O–H groups in total. The van der Waals surface area contributed by atoms with E-state index >= 15 is 0 Å². The average molecular weight is 352 g/mol. The van der Waals surface area contributed by atoms with Gasteiger partial charge in [0.1, 0.15) is 0 Å².